The summed E-state index contributed by atoms with van der Waals surface area (Å²) in [6, 6.07) is 5.92. The predicted octanol–water partition coefficient (Wildman–Crippen LogP) is 4.80. The quantitative estimate of drug-likeness (QED) is 0.724. The van der Waals surface area contributed by atoms with Crippen molar-refractivity contribution in [1.29, 1.82) is 0 Å². The zero-order chi connectivity index (χ0) is 15.4. The Morgan fingerprint density at radius 3 is 2.92 bits per heavy atom. The molecular formula is C16H17Cl3N4S2. The molecule has 1 aliphatic carbocycles. The van der Waals surface area contributed by atoms with E-state index in [9.17, 15) is 0 Å². The molecule has 5 rings (SSSR count). The first-order valence-corrected chi connectivity index (χ1v) is 9.91. The average Bonchev–Trinajstić information content (AvgIpc) is 3.00. The first-order valence-electron chi connectivity index (χ1n) is 7.67. The maximum Gasteiger partial charge on any atom is 0.173 e. The summed E-state index contributed by atoms with van der Waals surface area (Å²) in [6.07, 6.45) is 2.53. The fourth-order valence-electron chi connectivity index (χ4n) is 2.99. The lowest BCUT2D eigenvalue weighted by atomic mass is 10.1. The minimum atomic E-state index is 0. The molecule has 4 nitrogen and oxygen atoms in total. The van der Waals surface area contributed by atoms with E-state index in [1.165, 1.54) is 24.1 Å². The van der Waals surface area contributed by atoms with E-state index < -0.39 is 0 Å². The van der Waals surface area contributed by atoms with Gasteiger partial charge in [-0.3, -0.25) is 4.99 Å². The number of nitrogens with one attached hydrogen (secondary N) is 1. The van der Waals surface area contributed by atoms with Crippen LogP contribution in [0.5, 0.6) is 0 Å². The zero-order valence-corrected chi connectivity index (χ0v) is 17.2. The number of hydrogen-bond donors (Lipinski definition) is 1. The first kappa shape index (κ1) is 19.2. The van der Waals surface area contributed by atoms with Gasteiger partial charge in [0.05, 0.1) is 24.3 Å². The summed E-state index contributed by atoms with van der Waals surface area (Å²) in [7, 11) is 0. The van der Waals surface area contributed by atoms with Gasteiger partial charge in [-0.1, -0.05) is 35.1 Å². The van der Waals surface area contributed by atoms with E-state index in [-0.39, 0.29) is 24.8 Å². The molecule has 1 aromatic rings. The van der Waals surface area contributed by atoms with Gasteiger partial charge in [0, 0.05) is 16.5 Å². The largest absolute Gasteiger partial charge is 0.358 e. The van der Waals surface area contributed by atoms with Gasteiger partial charge in [-0.25, -0.2) is 4.99 Å². The van der Waals surface area contributed by atoms with Crippen LogP contribution in [0.4, 0.5) is 5.69 Å². The number of amidine groups is 2. The van der Waals surface area contributed by atoms with Crippen LogP contribution in [0.1, 0.15) is 18.4 Å². The van der Waals surface area contributed by atoms with Crippen molar-refractivity contribution in [2.75, 3.05) is 12.3 Å². The monoisotopic (exact) mass is 434 g/mol. The maximum atomic E-state index is 6.12. The third-order valence-corrected chi connectivity index (χ3v) is 6.66. The molecule has 0 saturated heterocycles. The van der Waals surface area contributed by atoms with Crippen molar-refractivity contribution < 1.29 is 0 Å². The standard InChI is InChI=1S/C16H15ClN4S2.2ClH/c17-11-1-2-13-10(5-11)6-21-12(8-23-15(21)19-13)7-22-14-18-9-16(20-14)3-4-16;;/h1-2,5,8H,3-4,6-7,9H2,(H,18,20);2*1H. The Labute approximate surface area is 172 Å². The van der Waals surface area contributed by atoms with Crippen LogP contribution in [-0.4, -0.2) is 33.1 Å². The predicted molar refractivity (Wildman–Crippen MR) is 114 cm³/mol. The van der Waals surface area contributed by atoms with Crippen molar-refractivity contribution >= 4 is 76.0 Å². The van der Waals surface area contributed by atoms with Crippen molar-refractivity contribution in [3.8, 4) is 0 Å². The van der Waals surface area contributed by atoms with Crippen LogP contribution in [0, 0.1) is 0 Å². The minimum Gasteiger partial charge on any atom is -0.358 e. The van der Waals surface area contributed by atoms with Crippen LogP contribution in [0.3, 0.4) is 0 Å². The highest BCUT2D eigenvalue weighted by atomic mass is 35.5. The van der Waals surface area contributed by atoms with Crippen molar-refractivity contribution in [1.82, 2.24) is 10.2 Å². The van der Waals surface area contributed by atoms with Crippen molar-refractivity contribution in [2.45, 2.75) is 24.9 Å². The smallest absolute Gasteiger partial charge is 0.173 e. The summed E-state index contributed by atoms with van der Waals surface area (Å²) in [5.74, 6) is 0.920. The Morgan fingerprint density at radius 1 is 1.32 bits per heavy atom. The number of rotatable bonds is 2. The van der Waals surface area contributed by atoms with Gasteiger partial charge in [-0.05, 0) is 42.0 Å². The minimum absolute atomic E-state index is 0. The molecule has 134 valence electrons. The number of benzene rings is 1. The maximum absolute atomic E-state index is 6.12. The SMILES string of the molecule is Cl.Cl.Clc1ccc2c(c1)CN1C(CSC3=NCC4(CC4)N3)=CSC1=N2. The molecule has 1 saturated carbocycles. The third kappa shape index (κ3) is 3.65. The zero-order valence-electron chi connectivity index (χ0n) is 13.2. The molecule has 4 aliphatic rings. The summed E-state index contributed by atoms with van der Waals surface area (Å²) in [4.78, 5) is 11.7. The third-order valence-electron chi connectivity index (χ3n) is 4.57. The topological polar surface area (TPSA) is 40.0 Å². The number of fused-ring (bicyclic) bond motifs is 2. The number of hydrogen-bond acceptors (Lipinski definition) is 6. The molecule has 0 radical (unpaired) electrons. The van der Waals surface area contributed by atoms with Gasteiger partial charge in [-0.15, -0.1) is 24.8 Å². The molecule has 3 aliphatic heterocycles. The Hall–Kier alpha value is -0.530. The second kappa shape index (κ2) is 7.24. The Kier molecular flexibility index (Phi) is 5.57. The molecule has 0 atom stereocenters. The fraction of sp³-hybridized carbons (Fsp3) is 0.375. The molecule has 3 heterocycles. The van der Waals surface area contributed by atoms with E-state index in [4.69, 9.17) is 16.6 Å². The summed E-state index contributed by atoms with van der Waals surface area (Å²) in [6.45, 7) is 1.80. The lowest BCUT2D eigenvalue weighted by Crippen LogP contribution is -2.31. The summed E-state index contributed by atoms with van der Waals surface area (Å²) < 4.78 is 0. The summed E-state index contributed by atoms with van der Waals surface area (Å²) in [5.41, 5.74) is 3.85. The summed E-state index contributed by atoms with van der Waals surface area (Å²) >= 11 is 9.62. The molecule has 0 unspecified atom stereocenters. The number of nitrogens with zero attached hydrogens (tertiary/aromatic N) is 3. The number of aliphatic imine (C=N–C) groups is 2. The van der Waals surface area contributed by atoms with Crippen LogP contribution < -0.4 is 5.32 Å². The van der Waals surface area contributed by atoms with E-state index in [0.717, 1.165) is 39.9 Å². The van der Waals surface area contributed by atoms with Gasteiger partial charge in [0.15, 0.2) is 10.3 Å². The lowest BCUT2D eigenvalue weighted by Gasteiger charge is -2.27. The van der Waals surface area contributed by atoms with Gasteiger partial charge in [0.1, 0.15) is 0 Å². The van der Waals surface area contributed by atoms with Gasteiger partial charge in [0.2, 0.25) is 0 Å². The first-order chi connectivity index (χ1) is 11.2. The van der Waals surface area contributed by atoms with E-state index in [0.29, 0.717) is 5.54 Å². The average molecular weight is 436 g/mol. The summed E-state index contributed by atoms with van der Waals surface area (Å²) in [5, 5.41) is 8.72. The Bertz CT molecular complexity index is 790. The van der Waals surface area contributed by atoms with Crippen LogP contribution in [-0.2, 0) is 6.54 Å². The van der Waals surface area contributed by atoms with Gasteiger partial charge >= 0.3 is 0 Å². The molecule has 0 aromatic heterocycles. The fourth-order valence-corrected chi connectivity index (χ4v) is 5.17. The molecule has 0 amide bonds. The van der Waals surface area contributed by atoms with E-state index >= 15 is 0 Å². The second-order valence-electron chi connectivity index (χ2n) is 6.30. The molecule has 1 N–H and O–H groups in total. The highest BCUT2D eigenvalue weighted by Crippen LogP contribution is 2.41. The lowest BCUT2D eigenvalue weighted by molar-refractivity contribution is 0.519. The normalized spacial score (nSPS) is 21.2. The van der Waals surface area contributed by atoms with Gasteiger partial charge in [-0.2, -0.15) is 0 Å². The Morgan fingerprint density at radius 2 is 2.16 bits per heavy atom. The molecule has 9 heteroatoms. The molecule has 0 bridgehead atoms. The van der Waals surface area contributed by atoms with Crippen LogP contribution in [0.25, 0.3) is 0 Å². The van der Waals surface area contributed by atoms with Crippen LogP contribution >= 0.6 is 59.9 Å². The van der Waals surface area contributed by atoms with Crippen molar-refractivity contribution in [2.24, 2.45) is 9.98 Å². The van der Waals surface area contributed by atoms with Crippen molar-refractivity contribution in [3.63, 3.8) is 0 Å². The van der Waals surface area contributed by atoms with Crippen LogP contribution in [0.15, 0.2) is 39.3 Å². The second-order valence-corrected chi connectivity index (χ2v) is 8.53. The molecule has 1 aromatic carbocycles. The molecule has 25 heavy (non-hydrogen) atoms. The molecule has 1 fully saturated rings. The number of halogens is 3. The van der Waals surface area contributed by atoms with Crippen molar-refractivity contribution in [3.05, 3.63) is 39.9 Å². The highest BCUT2D eigenvalue weighted by molar-refractivity contribution is 8.17. The molecule has 1 spiro atoms. The van der Waals surface area contributed by atoms with E-state index in [2.05, 4.69) is 20.6 Å². The van der Waals surface area contributed by atoms with Gasteiger partial charge < -0.3 is 10.2 Å². The molecular weight excluding hydrogens is 419 g/mol. The van der Waals surface area contributed by atoms with Gasteiger partial charge in [0.25, 0.3) is 0 Å². The van der Waals surface area contributed by atoms with E-state index in [1.54, 1.807) is 23.5 Å². The van der Waals surface area contributed by atoms with Crippen LogP contribution in [0.2, 0.25) is 5.02 Å². The Balaban J connectivity index is 0.000000911. The number of thioether (sulfide) groups is 2. The highest BCUT2D eigenvalue weighted by Gasteiger charge is 2.46. The van der Waals surface area contributed by atoms with E-state index in [1.807, 2.05) is 18.2 Å².